The fourth-order valence-electron chi connectivity index (χ4n) is 14.0. The first-order chi connectivity index (χ1) is 51.9. The van der Waals surface area contributed by atoms with Gasteiger partial charge in [0.1, 0.15) is 34.5 Å². The van der Waals surface area contributed by atoms with Crippen LogP contribution < -0.4 is 56.8 Å². The molecule has 14 aromatic carbocycles. The predicted molar refractivity (Wildman–Crippen MR) is 376 cm³/mol. The summed E-state index contributed by atoms with van der Waals surface area (Å²) in [5.41, 5.74) is 5.40. The third-order valence-corrected chi connectivity index (χ3v) is 17.8. The Morgan fingerprint density at radius 3 is 1.11 bits per heavy atom. The second kappa shape index (κ2) is 20.4. The van der Waals surface area contributed by atoms with E-state index in [1.54, 1.807) is 64.4 Å². The maximum atomic E-state index is 11.5. The number of anilines is 6. The summed E-state index contributed by atoms with van der Waals surface area (Å²) in [5.74, 6) is -0.624. The number of fused-ring (bicyclic) bond motifs is 5. The second-order valence-electron chi connectivity index (χ2n) is 22.8. The standard InChI is InChI=1S/C84H52B2N2O3/c1-8-25-53(26-9-1)60-45-46-67-70(47-60)87(82-63(56-31-14-4-15-32-56)39-22-40-64(82)57-33-16-5-17-34-57)68-43-24-44-69-77(68)85(67)78-71(88(69)83-65(58-35-18-6-19-36-58)41-23-42-66(83)59-37-20-7-21-38-59)52-76-81-84(78)91-75-51-62(55-29-12-3-13-30-55)50-74-80(75)86(81)79-72(89-74)48-61(49-73(79)90-76)54-27-10-2-11-28-54/h1-52H/i1D,8D,9D,24D,25D,26D,43D,44D,45D,46D,47D,48D,49D,50D,51D,52D. The van der Waals surface area contributed by atoms with E-state index >= 15 is 0 Å². The van der Waals surface area contributed by atoms with E-state index in [0.29, 0.717) is 67.0 Å². The lowest BCUT2D eigenvalue weighted by Crippen LogP contribution is -2.65. The molecule has 0 amide bonds. The molecule has 0 radical (unpaired) electrons. The largest absolute Gasteiger partial charge is 0.459 e. The zero-order chi connectivity index (χ0) is 73.6. The first kappa shape index (κ1) is 37.8. The minimum atomic E-state index is -1.67. The van der Waals surface area contributed by atoms with Gasteiger partial charge in [0.25, 0.3) is 13.4 Å². The molecule has 0 saturated heterocycles. The molecule has 0 fully saturated rings. The van der Waals surface area contributed by atoms with E-state index in [4.69, 9.17) is 18.3 Å². The molecule has 0 N–H and O–H groups in total. The highest BCUT2D eigenvalue weighted by atomic mass is 16.5. The Kier molecular flexibility index (Phi) is 8.47. The lowest BCUT2D eigenvalue weighted by Gasteiger charge is -2.47. The van der Waals surface area contributed by atoms with E-state index in [1.807, 2.05) is 164 Å². The van der Waals surface area contributed by atoms with Gasteiger partial charge in [-0.15, -0.1) is 0 Å². The van der Waals surface area contributed by atoms with Crippen molar-refractivity contribution >= 4 is 80.3 Å². The van der Waals surface area contributed by atoms with Crippen molar-refractivity contribution in [2.75, 3.05) is 9.80 Å². The van der Waals surface area contributed by atoms with Crippen LogP contribution in [0.2, 0.25) is 0 Å². The Bertz CT molecular complexity index is 6100. The lowest BCUT2D eigenvalue weighted by atomic mass is 9.30. The van der Waals surface area contributed by atoms with Crippen molar-refractivity contribution in [1.29, 1.82) is 0 Å². The zero-order valence-electron chi connectivity index (χ0n) is 64.1. The molecule has 0 aromatic heterocycles. The van der Waals surface area contributed by atoms with Gasteiger partial charge >= 0.3 is 0 Å². The molecular weight excluding hydrogens is 1110 g/mol. The first-order valence-corrected chi connectivity index (χ1v) is 30.0. The summed E-state index contributed by atoms with van der Waals surface area (Å²) in [6, 6.07) is 58.0. The molecule has 19 rings (SSSR count). The Hall–Kier alpha value is -11.8. The second-order valence-corrected chi connectivity index (χ2v) is 22.8. The Morgan fingerprint density at radius 2 is 0.659 bits per heavy atom. The molecule has 5 aliphatic heterocycles. The van der Waals surface area contributed by atoms with Gasteiger partial charge in [0.2, 0.25) is 0 Å². The minimum Gasteiger partial charge on any atom is -0.459 e. The number of para-hydroxylation sites is 2. The fraction of sp³-hybridized carbons (Fsp3) is 0. The summed E-state index contributed by atoms with van der Waals surface area (Å²) in [7, 11) is 0. The number of rotatable bonds is 9. The van der Waals surface area contributed by atoms with Crippen molar-refractivity contribution in [1.82, 2.24) is 0 Å². The monoisotopic (exact) mass is 1170 g/mol. The van der Waals surface area contributed by atoms with E-state index < -0.39 is 91.0 Å². The zero-order valence-corrected chi connectivity index (χ0v) is 48.1. The normalized spacial score (nSPS) is 15.5. The fourth-order valence-corrected chi connectivity index (χ4v) is 14.0. The van der Waals surface area contributed by atoms with Crippen LogP contribution in [0, 0.1) is 0 Å². The number of hydrogen-bond donors (Lipinski definition) is 0. The van der Waals surface area contributed by atoms with Crippen molar-refractivity contribution in [2.45, 2.75) is 0 Å². The molecule has 0 saturated carbocycles. The summed E-state index contributed by atoms with van der Waals surface area (Å²) in [6.07, 6.45) is 0. The molecular formula is C84H52B2N2O3. The van der Waals surface area contributed by atoms with Gasteiger partial charge in [0.05, 0.1) is 33.3 Å². The highest BCUT2D eigenvalue weighted by Crippen LogP contribution is 2.55. The summed E-state index contributed by atoms with van der Waals surface area (Å²) >= 11 is 0. The van der Waals surface area contributed by atoms with Crippen LogP contribution in [0.3, 0.4) is 0 Å². The Labute approximate surface area is 551 Å². The van der Waals surface area contributed by atoms with Crippen molar-refractivity contribution in [3.05, 3.63) is 315 Å². The maximum absolute atomic E-state index is 11.5. The van der Waals surface area contributed by atoms with Gasteiger partial charge in [0.15, 0.2) is 0 Å². The molecule has 0 aliphatic carbocycles. The van der Waals surface area contributed by atoms with Gasteiger partial charge in [0, 0.05) is 67.4 Å². The molecule has 422 valence electrons. The molecule has 5 nitrogen and oxygen atoms in total. The van der Waals surface area contributed by atoms with Crippen molar-refractivity contribution in [3.8, 4) is 112 Å². The van der Waals surface area contributed by atoms with Crippen LogP contribution >= 0.6 is 0 Å². The van der Waals surface area contributed by atoms with Crippen molar-refractivity contribution in [3.63, 3.8) is 0 Å². The minimum absolute atomic E-state index is 0.0327. The van der Waals surface area contributed by atoms with Gasteiger partial charge < -0.3 is 24.0 Å². The van der Waals surface area contributed by atoms with Gasteiger partial charge in [-0.2, -0.15) is 0 Å². The maximum Gasteiger partial charge on any atom is 0.270 e. The summed E-state index contributed by atoms with van der Waals surface area (Å²) in [5, 5.41) is 0. The molecule has 5 aliphatic rings. The van der Waals surface area contributed by atoms with Crippen LogP contribution in [0.4, 0.5) is 34.1 Å². The van der Waals surface area contributed by atoms with Crippen LogP contribution in [0.15, 0.2) is 315 Å². The SMILES string of the molecule is [2H]c1c([2H])c([2H])c(-c2c([2H])c([2H])c3c(c2[2H])N(c2c(-c4ccccc4)cccc2-c2ccccc2)c2c([2H])c([2H])c([2H])c4c2B3c2c3c5c(c([2H])c2N4c2c(-c4ccccc4)cccc2-c2ccccc2)Oc2c([2H])c(-c4ccccc4)c([2H])c4c2B5c2c(c([2H])c(-c5ccccc5)c([2H])c2O3)O4)c([2H])c1[2H]. The van der Waals surface area contributed by atoms with Crippen LogP contribution in [-0.4, -0.2) is 13.4 Å². The van der Waals surface area contributed by atoms with Crippen LogP contribution in [0.5, 0.6) is 34.5 Å². The molecule has 5 heterocycles. The Morgan fingerprint density at radius 1 is 0.253 bits per heavy atom. The average molecular weight is 1180 g/mol. The molecule has 14 aromatic rings. The molecule has 0 unspecified atom stereocenters. The topological polar surface area (TPSA) is 34.2 Å². The van der Waals surface area contributed by atoms with Crippen LogP contribution in [0.1, 0.15) is 21.9 Å². The quantitative estimate of drug-likeness (QED) is 0.135. The summed E-state index contributed by atoms with van der Waals surface area (Å²) < 4.78 is 186. The average Bonchev–Trinajstić information content (AvgIpc) is 0.663. The van der Waals surface area contributed by atoms with Crippen LogP contribution in [0.25, 0.3) is 77.9 Å². The lowest BCUT2D eigenvalue weighted by molar-refractivity contribution is 0.445. The summed E-state index contributed by atoms with van der Waals surface area (Å²) in [4.78, 5) is 3.36. The van der Waals surface area contributed by atoms with Gasteiger partial charge in [-0.05, 0) is 114 Å². The van der Waals surface area contributed by atoms with E-state index in [9.17, 15) is 17.8 Å². The third-order valence-electron chi connectivity index (χ3n) is 17.8. The number of benzene rings is 14. The van der Waals surface area contributed by atoms with E-state index in [0.717, 1.165) is 0 Å². The van der Waals surface area contributed by atoms with Gasteiger partial charge in [-0.25, -0.2) is 0 Å². The Balaban J connectivity index is 1.06. The van der Waals surface area contributed by atoms with E-state index in [-0.39, 0.29) is 131 Å². The number of ether oxygens (including phenoxy) is 3. The van der Waals surface area contributed by atoms with Crippen LogP contribution in [-0.2, 0) is 0 Å². The number of hydrogen-bond acceptors (Lipinski definition) is 5. The summed E-state index contributed by atoms with van der Waals surface area (Å²) in [6.45, 7) is -2.93. The van der Waals surface area contributed by atoms with Gasteiger partial charge in [-0.3, -0.25) is 0 Å². The smallest absolute Gasteiger partial charge is 0.270 e. The number of nitrogens with zero attached hydrogens (tertiary/aromatic N) is 2. The third kappa shape index (κ3) is 7.94. The molecule has 0 spiro atoms. The molecule has 0 atom stereocenters. The molecule has 0 bridgehead atoms. The predicted octanol–water partition coefficient (Wildman–Crippen LogP) is 18.3. The molecule has 7 heteroatoms. The molecule has 91 heavy (non-hydrogen) atoms. The first-order valence-electron chi connectivity index (χ1n) is 38.0. The van der Waals surface area contributed by atoms with E-state index in [1.165, 1.54) is 0 Å². The highest BCUT2D eigenvalue weighted by molar-refractivity contribution is 7.03. The van der Waals surface area contributed by atoms with Gasteiger partial charge in [-0.1, -0.05) is 267 Å². The van der Waals surface area contributed by atoms with E-state index in [2.05, 4.69) is 0 Å². The van der Waals surface area contributed by atoms with Crippen molar-refractivity contribution < 1.29 is 36.1 Å². The highest BCUT2D eigenvalue weighted by Gasteiger charge is 2.53. The van der Waals surface area contributed by atoms with Crippen molar-refractivity contribution in [2.24, 2.45) is 0 Å².